The lowest BCUT2D eigenvalue weighted by molar-refractivity contribution is -0.282. The fourth-order valence-electron chi connectivity index (χ4n) is 16.7. The summed E-state index contributed by atoms with van der Waals surface area (Å²) in [6.45, 7) is 7.39. The monoisotopic (exact) mass is 730 g/mol. The van der Waals surface area contributed by atoms with Crippen molar-refractivity contribution in [2.45, 2.75) is 140 Å². The van der Waals surface area contributed by atoms with E-state index in [4.69, 9.17) is 4.74 Å². The molecule has 3 spiro atoms. The molecule has 9 aliphatic rings. The van der Waals surface area contributed by atoms with Crippen LogP contribution in [0, 0.1) is 73.9 Å². The molecule has 0 amide bonds. The van der Waals surface area contributed by atoms with Gasteiger partial charge in [0, 0.05) is 31.0 Å². The summed E-state index contributed by atoms with van der Waals surface area (Å²) in [4.78, 5) is 44.8. The van der Waals surface area contributed by atoms with Crippen molar-refractivity contribution >= 4 is 17.3 Å². The SMILES string of the molecule is C[C@]1(CO)CCC[C@]2(C)[C@@H]1C[C@@H](O)[C@@]13C(=O)[C@]4(CCC5C(O4)[C@]46[C@H](O)C[C@@H]7[C@@](C)(CO)CCC[C@@]7(C)[C@@H]4C(=O)[C@H](O)[C@H]5[C@H]6O)[C@@H]([C@H]1O)[C@@H](O)C(=O)[C@@H]23. The predicted octanol–water partition coefficient (Wildman–Crippen LogP) is 0.303. The third-order valence-electron chi connectivity index (χ3n) is 18.7. The van der Waals surface area contributed by atoms with Gasteiger partial charge in [-0.15, -0.1) is 0 Å². The van der Waals surface area contributed by atoms with E-state index in [-0.39, 0.29) is 50.7 Å². The number of aliphatic hydroxyl groups excluding tert-OH is 8. The Hall–Kier alpha value is -1.35. The molecule has 290 valence electrons. The average molecular weight is 731 g/mol. The molecule has 4 bridgehead atoms. The zero-order chi connectivity index (χ0) is 37.5. The van der Waals surface area contributed by atoms with Crippen LogP contribution in [0.1, 0.15) is 91.9 Å². The Morgan fingerprint density at radius 2 is 1.21 bits per heavy atom. The van der Waals surface area contributed by atoms with Gasteiger partial charge in [-0.05, 0) is 90.8 Å². The minimum Gasteiger partial charge on any atom is -0.396 e. The third kappa shape index (κ3) is 3.58. The first kappa shape index (κ1) is 36.3. The number of carbonyl (C=O) groups excluding carboxylic acids is 3. The van der Waals surface area contributed by atoms with E-state index in [1.807, 2.05) is 27.7 Å². The summed E-state index contributed by atoms with van der Waals surface area (Å²) >= 11 is 0. The first-order valence-electron chi connectivity index (χ1n) is 19.9. The Morgan fingerprint density at radius 1 is 0.673 bits per heavy atom. The van der Waals surface area contributed by atoms with Crippen LogP contribution >= 0.6 is 0 Å². The molecule has 12 nitrogen and oxygen atoms in total. The molecule has 9 fully saturated rings. The van der Waals surface area contributed by atoms with Crippen molar-refractivity contribution in [3.63, 3.8) is 0 Å². The lowest BCUT2D eigenvalue weighted by Crippen LogP contribution is -2.73. The van der Waals surface area contributed by atoms with E-state index in [9.17, 15) is 50.4 Å². The fraction of sp³-hybridized carbons (Fsp3) is 0.925. The molecule has 8 saturated carbocycles. The average Bonchev–Trinajstić information content (AvgIpc) is 3.37. The van der Waals surface area contributed by atoms with E-state index in [1.165, 1.54) is 0 Å². The molecule has 0 radical (unpaired) electrons. The maximum Gasteiger partial charge on any atom is 0.177 e. The number of fused-ring (bicyclic) bond motifs is 9. The largest absolute Gasteiger partial charge is 0.396 e. The Balaban J connectivity index is 1.19. The summed E-state index contributed by atoms with van der Waals surface area (Å²) in [5.41, 5.74) is -8.64. The van der Waals surface area contributed by atoms with Crippen LogP contribution < -0.4 is 0 Å². The molecule has 0 aromatic carbocycles. The summed E-state index contributed by atoms with van der Waals surface area (Å²) < 4.78 is 7.11. The summed E-state index contributed by atoms with van der Waals surface area (Å²) in [6, 6.07) is 0. The van der Waals surface area contributed by atoms with Gasteiger partial charge in [-0.1, -0.05) is 40.5 Å². The van der Waals surface area contributed by atoms with Gasteiger partial charge in [0.1, 0.15) is 17.8 Å². The van der Waals surface area contributed by atoms with Gasteiger partial charge in [0.25, 0.3) is 0 Å². The molecule has 1 saturated heterocycles. The molecule has 52 heavy (non-hydrogen) atoms. The normalized spacial score (nSPS) is 63.3. The zero-order valence-corrected chi connectivity index (χ0v) is 30.8. The van der Waals surface area contributed by atoms with E-state index in [0.29, 0.717) is 38.5 Å². The van der Waals surface area contributed by atoms with Gasteiger partial charge in [0.05, 0.1) is 47.3 Å². The summed E-state index contributed by atoms with van der Waals surface area (Å²) in [5.74, 6) is -7.82. The molecule has 0 aromatic rings. The number of carbonyl (C=O) groups is 3. The van der Waals surface area contributed by atoms with Crippen LogP contribution in [0.25, 0.3) is 0 Å². The number of aliphatic hydroxyl groups is 8. The van der Waals surface area contributed by atoms with Gasteiger partial charge < -0.3 is 45.6 Å². The number of rotatable bonds is 2. The van der Waals surface area contributed by atoms with Crippen LogP contribution in [0.4, 0.5) is 0 Å². The van der Waals surface area contributed by atoms with Gasteiger partial charge in [-0.25, -0.2) is 0 Å². The second kappa shape index (κ2) is 10.7. The number of hydrogen-bond donors (Lipinski definition) is 8. The van der Waals surface area contributed by atoms with E-state index < -0.39 is 128 Å². The molecule has 1 aliphatic heterocycles. The smallest absolute Gasteiger partial charge is 0.177 e. The second-order valence-corrected chi connectivity index (χ2v) is 20.4. The van der Waals surface area contributed by atoms with Gasteiger partial charge in [0.15, 0.2) is 17.3 Å². The van der Waals surface area contributed by atoms with Crippen LogP contribution in [-0.2, 0) is 19.1 Å². The first-order chi connectivity index (χ1) is 24.3. The third-order valence-corrected chi connectivity index (χ3v) is 18.7. The zero-order valence-electron chi connectivity index (χ0n) is 30.8. The van der Waals surface area contributed by atoms with E-state index >= 15 is 4.79 Å². The van der Waals surface area contributed by atoms with Crippen molar-refractivity contribution in [2.24, 2.45) is 73.9 Å². The van der Waals surface area contributed by atoms with Crippen LogP contribution in [-0.4, -0.2) is 120 Å². The highest BCUT2D eigenvalue weighted by atomic mass is 16.5. The Labute approximate surface area is 304 Å². The minimum atomic E-state index is -1.99. The lowest BCUT2D eigenvalue weighted by atomic mass is 9.39. The van der Waals surface area contributed by atoms with Crippen molar-refractivity contribution in [1.29, 1.82) is 0 Å². The quantitative estimate of drug-likeness (QED) is 0.192. The number of hydrogen-bond acceptors (Lipinski definition) is 12. The first-order valence-corrected chi connectivity index (χ1v) is 19.9. The molecule has 21 atom stereocenters. The highest BCUT2D eigenvalue weighted by Crippen LogP contribution is 2.76. The second-order valence-electron chi connectivity index (χ2n) is 20.4. The molecule has 0 aromatic heterocycles. The van der Waals surface area contributed by atoms with Gasteiger partial charge in [-0.2, -0.15) is 0 Å². The standard InChI is InChI=1S/C40H58O12/c1-34(15-41)8-5-10-36(3)18(34)13-20(43)39-28(36)26(47)24(45)22(30(39)49)17-7-12-38(52-32(17)39)23-25(46)27(48)29-37(4)11-6-9-35(2,16-42)19(37)14-21(44)40(29,31(23)50)33(38)51/h17-25,28-32,41-46,49-50H,5-16H2,1-4H3/t17?,18-,19-,20-,21-,22+,23-,24-,25-,28+,29+,30-,31-,32?,34-,35-,36-,37-,38+,39-,40+/m1/s1. The van der Waals surface area contributed by atoms with Gasteiger partial charge in [0.2, 0.25) is 0 Å². The lowest BCUT2D eigenvalue weighted by Gasteiger charge is -2.66. The van der Waals surface area contributed by atoms with Crippen LogP contribution in [0.3, 0.4) is 0 Å². The molecule has 12 heteroatoms. The van der Waals surface area contributed by atoms with Gasteiger partial charge >= 0.3 is 0 Å². The number of Topliss-reactive ketones (excluding diaryl/α,β-unsaturated/α-hetero) is 3. The predicted molar refractivity (Wildman–Crippen MR) is 181 cm³/mol. The van der Waals surface area contributed by atoms with Gasteiger partial charge in [-0.3, -0.25) is 14.4 Å². The Bertz CT molecular complexity index is 1600. The maximum atomic E-state index is 15.6. The van der Waals surface area contributed by atoms with Crippen molar-refractivity contribution in [1.82, 2.24) is 0 Å². The van der Waals surface area contributed by atoms with Crippen molar-refractivity contribution in [3.8, 4) is 0 Å². The van der Waals surface area contributed by atoms with Crippen LogP contribution in [0.2, 0.25) is 0 Å². The van der Waals surface area contributed by atoms with E-state index in [2.05, 4.69) is 0 Å². The summed E-state index contributed by atoms with van der Waals surface area (Å²) in [5, 5.41) is 94.3. The summed E-state index contributed by atoms with van der Waals surface area (Å²) in [6.07, 6.45) is -6.23. The highest BCUT2D eigenvalue weighted by Gasteiger charge is 2.87. The van der Waals surface area contributed by atoms with E-state index in [1.54, 1.807) is 0 Å². The van der Waals surface area contributed by atoms with Crippen molar-refractivity contribution in [2.75, 3.05) is 13.2 Å². The Kier molecular flexibility index (Phi) is 7.49. The molecule has 8 aliphatic carbocycles. The molecular formula is C40H58O12. The fourth-order valence-corrected chi connectivity index (χ4v) is 16.7. The van der Waals surface area contributed by atoms with Crippen molar-refractivity contribution < 1.29 is 60.0 Å². The molecule has 2 unspecified atom stereocenters. The topological polar surface area (TPSA) is 222 Å². The molecule has 9 rings (SSSR count). The number of ether oxygens (including phenoxy) is 1. The van der Waals surface area contributed by atoms with Crippen LogP contribution in [0.15, 0.2) is 0 Å². The molecule has 1 heterocycles. The number of ketones is 3. The van der Waals surface area contributed by atoms with E-state index in [0.717, 1.165) is 0 Å². The Morgan fingerprint density at radius 3 is 1.79 bits per heavy atom. The van der Waals surface area contributed by atoms with Crippen molar-refractivity contribution in [3.05, 3.63) is 0 Å². The summed E-state index contributed by atoms with van der Waals surface area (Å²) in [7, 11) is 0. The maximum absolute atomic E-state index is 15.6. The minimum absolute atomic E-state index is 0.0701. The highest BCUT2D eigenvalue weighted by molar-refractivity contribution is 6.06. The van der Waals surface area contributed by atoms with Crippen LogP contribution in [0.5, 0.6) is 0 Å². The molecule has 8 N–H and O–H groups in total. The molecular weight excluding hydrogens is 672 g/mol.